The smallest absolute Gasteiger partial charge is 0.373 e. The predicted molar refractivity (Wildman–Crippen MR) is 112 cm³/mol. The minimum absolute atomic E-state index is 0.0410. The SMILES string of the molecule is CNc1ccc(NC(=O)c2cc3cc(C(F)(F)F)cnc3n2Cc2cccc(F)c2)cn1. The highest BCUT2D eigenvalue weighted by molar-refractivity contribution is 6.06. The number of nitrogens with zero attached hydrogens (tertiary/aromatic N) is 3. The van der Waals surface area contributed by atoms with E-state index in [-0.39, 0.29) is 23.3 Å². The van der Waals surface area contributed by atoms with Gasteiger partial charge in [0.1, 0.15) is 23.0 Å². The number of hydrogen-bond acceptors (Lipinski definition) is 4. The van der Waals surface area contributed by atoms with Crippen LogP contribution in [0.1, 0.15) is 21.6 Å². The summed E-state index contributed by atoms with van der Waals surface area (Å²) in [5, 5.41) is 5.68. The molecular formula is C22H17F4N5O. The van der Waals surface area contributed by atoms with Crippen LogP contribution in [0.3, 0.4) is 0 Å². The molecule has 4 rings (SSSR count). The number of aromatic nitrogens is 3. The number of nitrogens with one attached hydrogen (secondary N) is 2. The Hall–Kier alpha value is -3.95. The summed E-state index contributed by atoms with van der Waals surface area (Å²) in [6.45, 7) is 0.0410. The Labute approximate surface area is 179 Å². The van der Waals surface area contributed by atoms with Gasteiger partial charge in [0.05, 0.1) is 17.4 Å². The number of halogens is 4. The van der Waals surface area contributed by atoms with E-state index in [1.165, 1.54) is 35.0 Å². The molecule has 0 atom stereocenters. The van der Waals surface area contributed by atoms with E-state index in [1.807, 2.05) is 0 Å². The van der Waals surface area contributed by atoms with Crippen LogP contribution in [0.15, 0.2) is 60.9 Å². The molecule has 0 aliphatic heterocycles. The minimum atomic E-state index is -4.57. The molecule has 32 heavy (non-hydrogen) atoms. The molecule has 1 aromatic carbocycles. The molecule has 3 aromatic heterocycles. The molecule has 0 aliphatic carbocycles. The maximum atomic E-state index is 13.7. The van der Waals surface area contributed by atoms with Gasteiger partial charge in [0.2, 0.25) is 0 Å². The van der Waals surface area contributed by atoms with Crippen LogP contribution in [0.25, 0.3) is 11.0 Å². The van der Waals surface area contributed by atoms with Crippen molar-refractivity contribution in [3.63, 3.8) is 0 Å². The molecule has 0 saturated heterocycles. The molecule has 3 heterocycles. The largest absolute Gasteiger partial charge is 0.417 e. The highest BCUT2D eigenvalue weighted by Gasteiger charge is 2.32. The Balaban J connectivity index is 1.76. The van der Waals surface area contributed by atoms with Crippen molar-refractivity contribution in [3.05, 3.63) is 83.6 Å². The van der Waals surface area contributed by atoms with Gasteiger partial charge in [-0.25, -0.2) is 14.4 Å². The maximum Gasteiger partial charge on any atom is 0.417 e. The molecular weight excluding hydrogens is 426 g/mol. The molecule has 0 unspecified atom stereocenters. The second kappa shape index (κ2) is 8.29. The van der Waals surface area contributed by atoms with Gasteiger partial charge in [0.25, 0.3) is 5.91 Å². The maximum absolute atomic E-state index is 13.7. The van der Waals surface area contributed by atoms with Crippen molar-refractivity contribution in [2.24, 2.45) is 0 Å². The quantitative estimate of drug-likeness (QED) is 0.429. The normalized spacial score (nSPS) is 11.5. The molecule has 0 radical (unpaired) electrons. The van der Waals surface area contributed by atoms with Crippen LogP contribution in [0.4, 0.5) is 29.1 Å². The van der Waals surface area contributed by atoms with Crippen molar-refractivity contribution >= 4 is 28.4 Å². The predicted octanol–water partition coefficient (Wildman–Crippen LogP) is 4.93. The van der Waals surface area contributed by atoms with Gasteiger partial charge in [-0.15, -0.1) is 0 Å². The molecule has 0 aliphatic rings. The fourth-order valence-corrected chi connectivity index (χ4v) is 3.28. The van der Waals surface area contributed by atoms with Crippen LogP contribution in [-0.4, -0.2) is 27.5 Å². The lowest BCUT2D eigenvalue weighted by atomic mass is 10.2. The van der Waals surface area contributed by atoms with Crippen molar-refractivity contribution in [1.82, 2.24) is 14.5 Å². The molecule has 0 spiro atoms. The first kappa shape index (κ1) is 21.3. The lowest BCUT2D eigenvalue weighted by molar-refractivity contribution is -0.137. The fourth-order valence-electron chi connectivity index (χ4n) is 3.28. The zero-order chi connectivity index (χ0) is 22.9. The summed E-state index contributed by atoms with van der Waals surface area (Å²) in [5.74, 6) is -0.424. The van der Waals surface area contributed by atoms with E-state index in [0.717, 1.165) is 6.07 Å². The van der Waals surface area contributed by atoms with Gasteiger partial charge in [0, 0.05) is 25.2 Å². The zero-order valence-electron chi connectivity index (χ0n) is 16.7. The van der Waals surface area contributed by atoms with Crippen LogP contribution in [0, 0.1) is 5.82 Å². The van der Waals surface area contributed by atoms with Crippen LogP contribution in [0.5, 0.6) is 0 Å². The molecule has 0 saturated carbocycles. The Morgan fingerprint density at radius 3 is 2.53 bits per heavy atom. The third-order valence-electron chi connectivity index (χ3n) is 4.80. The lowest BCUT2D eigenvalue weighted by Gasteiger charge is -2.12. The number of anilines is 2. The fraction of sp³-hybridized carbons (Fsp3) is 0.136. The number of pyridine rings is 2. The second-order valence-corrected chi connectivity index (χ2v) is 7.02. The van der Waals surface area contributed by atoms with Crippen LogP contribution >= 0.6 is 0 Å². The Morgan fingerprint density at radius 1 is 1.06 bits per heavy atom. The minimum Gasteiger partial charge on any atom is -0.373 e. The third kappa shape index (κ3) is 4.39. The van der Waals surface area contributed by atoms with E-state index in [2.05, 4.69) is 20.6 Å². The number of alkyl halides is 3. The molecule has 6 nitrogen and oxygen atoms in total. The molecule has 164 valence electrons. The van der Waals surface area contributed by atoms with Crippen LogP contribution < -0.4 is 10.6 Å². The number of benzene rings is 1. The van der Waals surface area contributed by atoms with Crippen molar-refractivity contribution in [2.75, 3.05) is 17.7 Å². The number of amides is 1. The highest BCUT2D eigenvalue weighted by Crippen LogP contribution is 2.31. The number of fused-ring (bicyclic) bond motifs is 1. The van der Waals surface area contributed by atoms with E-state index in [4.69, 9.17) is 0 Å². The first-order valence-electron chi connectivity index (χ1n) is 9.50. The van der Waals surface area contributed by atoms with Gasteiger partial charge in [-0.1, -0.05) is 12.1 Å². The summed E-state index contributed by atoms with van der Waals surface area (Å²) in [6.07, 6.45) is -2.41. The lowest BCUT2D eigenvalue weighted by Crippen LogP contribution is -2.18. The first-order valence-corrected chi connectivity index (χ1v) is 9.50. The van der Waals surface area contributed by atoms with E-state index >= 15 is 0 Å². The first-order chi connectivity index (χ1) is 15.2. The second-order valence-electron chi connectivity index (χ2n) is 7.02. The van der Waals surface area contributed by atoms with Crippen molar-refractivity contribution in [2.45, 2.75) is 12.7 Å². The molecule has 1 amide bonds. The standard InChI is InChI=1S/C22H17F4N5O/c1-27-19-6-5-17(11-28-19)30-21(32)18-9-14-8-15(22(24,25)26)10-29-20(14)31(18)12-13-3-2-4-16(23)7-13/h2-11H,12H2,1H3,(H,27,28)(H,30,32). The van der Waals surface area contributed by atoms with Crippen molar-refractivity contribution in [3.8, 4) is 0 Å². The average molecular weight is 443 g/mol. The summed E-state index contributed by atoms with van der Waals surface area (Å²) < 4.78 is 54.5. The average Bonchev–Trinajstić information content (AvgIpc) is 3.11. The summed E-state index contributed by atoms with van der Waals surface area (Å²) in [6, 6.07) is 11.3. The van der Waals surface area contributed by atoms with Gasteiger partial charge >= 0.3 is 6.18 Å². The van der Waals surface area contributed by atoms with E-state index in [0.29, 0.717) is 23.3 Å². The summed E-state index contributed by atoms with van der Waals surface area (Å²) in [7, 11) is 1.70. The van der Waals surface area contributed by atoms with E-state index in [9.17, 15) is 22.4 Å². The summed E-state index contributed by atoms with van der Waals surface area (Å²) in [4.78, 5) is 21.1. The molecule has 4 aromatic rings. The van der Waals surface area contributed by atoms with Gasteiger partial charge < -0.3 is 15.2 Å². The Kier molecular flexibility index (Phi) is 5.52. The van der Waals surface area contributed by atoms with Gasteiger partial charge in [-0.05, 0) is 42.0 Å². The monoisotopic (exact) mass is 443 g/mol. The zero-order valence-corrected chi connectivity index (χ0v) is 16.7. The van der Waals surface area contributed by atoms with Crippen LogP contribution in [0.2, 0.25) is 0 Å². The van der Waals surface area contributed by atoms with E-state index < -0.39 is 23.5 Å². The highest BCUT2D eigenvalue weighted by atomic mass is 19.4. The van der Waals surface area contributed by atoms with Crippen molar-refractivity contribution in [1.29, 1.82) is 0 Å². The van der Waals surface area contributed by atoms with Gasteiger partial charge in [-0.2, -0.15) is 13.2 Å². The molecule has 2 N–H and O–H groups in total. The Bertz CT molecular complexity index is 1280. The Morgan fingerprint density at radius 2 is 1.88 bits per heavy atom. The van der Waals surface area contributed by atoms with Gasteiger partial charge in [0.15, 0.2) is 0 Å². The number of rotatable bonds is 5. The number of hydrogen-bond donors (Lipinski definition) is 2. The third-order valence-corrected chi connectivity index (χ3v) is 4.80. The van der Waals surface area contributed by atoms with Crippen LogP contribution in [-0.2, 0) is 12.7 Å². The molecule has 10 heteroatoms. The van der Waals surface area contributed by atoms with Crippen molar-refractivity contribution < 1.29 is 22.4 Å². The molecule has 0 bridgehead atoms. The molecule has 0 fully saturated rings. The van der Waals surface area contributed by atoms with E-state index in [1.54, 1.807) is 25.2 Å². The topological polar surface area (TPSA) is 71.8 Å². The summed E-state index contributed by atoms with van der Waals surface area (Å²) in [5.41, 5.74) is 0.260. The summed E-state index contributed by atoms with van der Waals surface area (Å²) >= 11 is 0. The number of carbonyl (C=O) groups is 1. The van der Waals surface area contributed by atoms with Gasteiger partial charge in [-0.3, -0.25) is 4.79 Å². The number of carbonyl (C=O) groups excluding carboxylic acids is 1.